The summed E-state index contributed by atoms with van der Waals surface area (Å²) in [6.45, 7) is 2.02. The second kappa shape index (κ2) is 8.53. The average molecular weight is 494 g/mol. The average Bonchev–Trinajstić information content (AvgIpc) is 3.62. The standard InChI is InChI=1S/C25H23N3O6S/c1-31-17-8-13-16(11-18(17)32-2)24(30)28(6-3-4-26-25-27-5-7-35-25)22-14-9-19-20(34-12-33-19)10-15(14)23(29)21(13)22/h8-11H,3-7,12H2,1-2H3,(H,26,27). The van der Waals surface area contributed by atoms with E-state index in [1.54, 1.807) is 40.6 Å². The number of pyridine rings is 1. The number of rotatable bonds is 6. The van der Waals surface area contributed by atoms with Gasteiger partial charge in [0.25, 0.3) is 5.56 Å². The van der Waals surface area contributed by atoms with Gasteiger partial charge in [0.2, 0.25) is 6.79 Å². The van der Waals surface area contributed by atoms with Crippen LogP contribution in [0.2, 0.25) is 0 Å². The van der Waals surface area contributed by atoms with Gasteiger partial charge in [0, 0.05) is 35.4 Å². The normalized spacial score (nSPS) is 15.3. The first-order valence-electron chi connectivity index (χ1n) is 11.3. The van der Waals surface area contributed by atoms with Gasteiger partial charge < -0.3 is 28.8 Å². The number of ether oxygens (including phenoxy) is 4. The highest BCUT2D eigenvalue weighted by Gasteiger charge is 2.35. The molecular formula is C25H23N3O6S. The molecule has 35 heavy (non-hydrogen) atoms. The molecule has 1 aromatic heterocycles. The lowest BCUT2D eigenvalue weighted by Crippen LogP contribution is -2.27. The van der Waals surface area contributed by atoms with Crippen molar-refractivity contribution in [3.05, 3.63) is 45.7 Å². The van der Waals surface area contributed by atoms with Gasteiger partial charge in [-0.15, -0.1) is 0 Å². The molecule has 0 atom stereocenters. The smallest absolute Gasteiger partial charge is 0.259 e. The van der Waals surface area contributed by atoms with Crippen LogP contribution in [0.25, 0.3) is 22.0 Å². The Morgan fingerprint density at radius 1 is 1.03 bits per heavy atom. The molecule has 0 bridgehead atoms. The van der Waals surface area contributed by atoms with Crippen LogP contribution in [-0.2, 0) is 6.54 Å². The topological polar surface area (TPSA) is 100 Å². The molecule has 0 spiro atoms. The molecule has 3 aliphatic rings. The maximum Gasteiger partial charge on any atom is 0.259 e. The maximum atomic E-state index is 13.8. The second-order valence-electron chi connectivity index (χ2n) is 8.33. The fourth-order valence-corrected chi connectivity index (χ4v) is 5.59. The molecule has 2 aromatic carbocycles. The van der Waals surface area contributed by atoms with Crippen molar-refractivity contribution in [2.45, 2.75) is 13.0 Å². The van der Waals surface area contributed by atoms with Gasteiger partial charge in [-0.2, -0.15) is 0 Å². The first kappa shape index (κ1) is 21.8. The van der Waals surface area contributed by atoms with Gasteiger partial charge in [0.1, 0.15) is 0 Å². The van der Waals surface area contributed by atoms with Crippen molar-refractivity contribution in [3.8, 4) is 34.3 Å². The summed E-state index contributed by atoms with van der Waals surface area (Å²) >= 11 is 1.70. The number of nitrogens with zero attached hydrogens (tertiary/aromatic N) is 2. The number of carbonyl (C=O) groups excluding carboxylic acids is 1. The van der Waals surface area contributed by atoms with Crippen molar-refractivity contribution >= 4 is 33.5 Å². The number of benzene rings is 2. The van der Waals surface area contributed by atoms with E-state index < -0.39 is 0 Å². The molecule has 0 unspecified atom stereocenters. The zero-order valence-corrected chi connectivity index (χ0v) is 20.1. The lowest BCUT2D eigenvalue weighted by molar-refractivity contribution is 0.104. The van der Waals surface area contributed by atoms with Gasteiger partial charge in [-0.1, -0.05) is 11.8 Å². The van der Waals surface area contributed by atoms with E-state index in [-0.39, 0.29) is 18.1 Å². The van der Waals surface area contributed by atoms with E-state index in [1.807, 2.05) is 0 Å². The van der Waals surface area contributed by atoms with Crippen LogP contribution in [-0.4, -0.2) is 55.4 Å². The molecule has 9 nitrogen and oxygen atoms in total. The summed E-state index contributed by atoms with van der Waals surface area (Å²) in [6.07, 6.45) is 0.679. The van der Waals surface area contributed by atoms with E-state index in [4.69, 9.17) is 18.9 Å². The third kappa shape index (κ3) is 3.43. The molecule has 2 aliphatic heterocycles. The van der Waals surface area contributed by atoms with Gasteiger partial charge in [0.05, 0.1) is 37.4 Å². The van der Waals surface area contributed by atoms with Crippen molar-refractivity contribution in [1.29, 1.82) is 0 Å². The summed E-state index contributed by atoms with van der Waals surface area (Å²) in [6, 6.07) is 6.86. The third-order valence-corrected chi connectivity index (χ3v) is 7.37. The highest BCUT2D eigenvalue weighted by atomic mass is 32.2. The monoisotopic (exact) mass is 493 g/mol. The largest absolute Gasteiger partial charge is 0.493 e. The lowest BCUT2D eigenvalue weighted by Gasteiger charge is -2.17. The molecule has 0 amide bonds. The maximum absolute atomic E-state index is 13.8. The fourth-order valence-electron chi connectivity index (χ4n) is 4.83. The van der Waals surface area contributed by atoms with Crippen molar-refractivity contribution in [2.75, 3.05) is 39.9 Å². The van der Waals surface area contributed by atoms with Gasteiger partial charge in [-0.05, 0) is 30.7 Å². The Kier molecular flexibility index (Phi) is 5.32. The van der Waals surface area contributed by atoms with Crippen molar-refractivity contribution in [2.24, 2.45) is 4.99 Å². The molecule has 0 radical (unpaired) electrons. The molecule has 0 saturated heterocycles. The molecule has 0 fully saturated rings. The summed E-state index contributed by atoms with van der Waals surface area (Å²) < 4.78 is 23.7. The molecule has 6 rings (SSSR count). The summed E-state index contributed by atoms with van der Waals surface area (Å²) in [5, 5.41) is 5.21. The minimum absolute atomic E-state index is 0.106. The van der Waals surface area contributed by atoms with E-state index >= 15 is 0 Å². The van der Waals surface area contributed by atoms with Crippen LogP contribution < -0.4 is 29.8 Å². The van der Waals surface area contributed by atoms with Crippen LogP contribution in [0.1, 0.15) is 22.3 Å². The number of hydrogen-bond acceptors (Lipinski definition) is 9. The molecule has 3 heterocycles. The Labute approximate surface area is 205 Å². The molecular weight excluding hydrogens is 470 g/mol. The number of thioether (sulfide) groups is 1. The minimum atomic E-state index is -0.189. The predicted molar refractivity (Wildman–Crippen MR) is 134 cm³/mol. The molecule has 1 aliphatic carbocycles. The Morgan fingerprint density at radius 2 is 1.74 bits per heavy atom. The zero-order chi connectivity index (χ0) is 24.1. The highest BCUT2D eigenvalue weighted by molar-refractivity contribution is 8.14. The first-order valence-corrected chi connectivity index (χ1v) is 12.3. The van der Waals surface area contributed by atoms with Crippen molar-refractivity contribution in [3.63, 3.8) is 0 Å². The van der Waals surface area contributed by atoms with E-state index in [2.05, 4.69) is 10.3 Å². The van der Waals surface area contributed by atoms with E-state index in [1.165, 1.54) is 14.2 Å². The van der Waals surface area contributed by atoms with E-state index in [0.29, 0.717) is 75.7 Å². The van der Waals surface area contributed by atoms with Crippen LogP contribution in [0.15, 0.2) is 34.1 Å². The molecule has 1 N–H and O–H groups in total. The SMILES string of the molecule is COc1cc2c3c(n(CCCNC4=NCCS4)c(=O)c2cc1OC)-c1cc2c(cc1C3=O)OCO2. The molecule has 3 aromatic rings. The van der Waals surface area contributed by atoms with Crippen LogP contribution >= 0.6 is 11.8 Å². The van der Waals surface area contributed by atoms with Gasteiger partial charge >= 0.3 is 0 Å². The van der Waals surface area contributed by atoms with E-state index in [0.717, 1.165) is 17.5 Å². The predicted octanol–water partition coefficient (Wildman–Crippen LogP) is 3.04. The number of methoxy groups -OCH3 is 2. The number of fused-ring (bicyclic) bond motifs is 6. The fraction of sp³-hybridized carbons (Fsp3) is 0.320. The summed E-state index contributed by atoms with van der Waals surface area (Å²) in [4.78, 5) is 31.9. The van der Waals surface area contributed by atoms with Gasteiger partial charge in [-0.3, -0.25) is 14.6 Å². The number of ketones is 1. The summed E-state index contributed by atoms with van der Waals surface area (Å²) in [5.41, 5.74) is 2.05. The van der Waals surface area contributed by atoms with Crippen molar-refractivity contribution < 1.29 is 23.7 Å². The minimum Gasteiger partial charge on any atom is -0.493 e. The highest BCUT2D eigenvalue weighted by Crippen LogP contribution is 2.46. The molecule has 180 valence electrons. The second-order valence-corrected chi connectivity index (χ2v) is 9.41. The number of carbonyl (C=O) groups is 1. The number of aromatic nitrogens is 1. The number of aliphatic imine (C=N–C) groups is 1. The van der Waals surface area contributed by atoms with Crippen LogP contribution in [0, 0.1) is 0 Å². The number of nitrogens with one attached hydrogen (secondary N) is 1. The number of amidine groups is 1. The van der Waals surface area contributed by atoms with E-state index in [9.17, 15) is 9.59 Å². The Morgan fingerprint density at radius 3 is 2.43 bits per heavy atom. The molecule has 10 heteroatoms. The van der Waals surface area contributed by atoms with Crippen LogP contribution in [0.5, 0.6) is 23.0 Å². The Hall–Kier alpha value is -3.66. The van der Waals surface area contributed by atoms with Crippen LogP contribution in [0.4, 0.5) is 0 Å². The Bertz CT molecular complexity index is 1480. The summed E-state index contributed by atoms with van der Waals surface area (Å²) in [5.74, 6) is 2.81. The zero-order valence-electron chi connectivity index (χ0n) is 19.3. The third-order valence-electron chi connectivity index (χ3n) is 6.44. The lowest BCUT2D eigenvalue weighted by atomic mass is 10.0. The number of hydrogen-bond donors (Lipinski definition) is 1. The van der Waals surface area contributed by atoms with Gasteiger partial charge in [0.15, 0.2) is 33.9 Å². The van der Waals surface area contributed by atoms with Crippen molar-refractivity contribution in [1.82, 2.24) is 9.88 Å². The molecule has 0 saturated carbocycles. The first-order chi connectivity index (χ1) is 17.1. The van der Waals surface area contributed by atoms with Crippen LogP contribution in [0.3, 0.4) is 0 Å². The van der Waals surface area contributed by atoms with Gasteiger partial charge in [-0.25, -0.2) is 0 Å². The quantitative estimate of drug-likeness (QED) is 0.409. The Balaban J connectivity index is 1.51. The summed E-state index contributed by atoms with van der Waals surface area (Å²) in [7, 11) is 3.05.